The molecule has 28 heavy (non-hydrogen) atoms. The number of aryl methyl sites for hydroxylation is 2. The molecular weight excluding hydrogens is 358 g/mol. The largest absolute Gasteiger partial charge is 0.350 e. The molecular formula is C21H19N3O4. The number of hydrogen-bond acceptors (Lipinski definition) is 5. The van der Waals surface area contributed by atoms with E-state index in [1.165, 1.54) is 30.3 Å². The van der Waals surface area contributed by atoms with Crippen molar-refractivity contribution in [3.63, 3.8) is 0 Å². The number of nitro groups is 1. The summed E-state index contributed by atoms with van der Waals surface area (Å²) >= 11 is 0. The van der Waals surface area contributed by atoms with Crippen LogP contribution in [0.5, 0.6) is 0 Å². The number of carbonyl (C=O) groups is 2. The third-order valence-corrected chi connectivity index (χ3v) is 4.50. The summed E-state index contributed by atoms with van der Waals surface area (Å²) in [5.74, 6) is -0.925. The molecule has 0 fully saturated rings. The van der Waals surface area contributed by atoms with E-state index in [-0.39, 0.29) is 23.5 Å². The molecule has 1 aliphatic heterocycles. The Morgan fingerprint density at radius 3 is 2.39 bits per heavy atom. The maximum atomic E-state index is 12.9. The molecule has 142 valence electrons. The Hall–Kier alpha value is -3.74. The Kier molecular flexibility index (Phi) is 5.08. The quantitative estimate of drug-likeness (QED) is 0.359. The number of imide groups is 1. The van der Waals surface area contributed by atoms with Crippen molar-refractivity contribution in [1.29, 1.82) is 0 Å². The highest BCUT2D eigenvalue weighted by molar-refractivity contribution is 6.36. The lowest BCUT2D eigenvalue weighted by Gasteiger charge is -2.13. The second-order valence-corrected chi connectivity index (χ2v) is 6.51. The minimum absolute atomic E-state index is 0.0755. The maximum Gasteiger partial charge on any atom is 0.278 e. The van der Waals surface area contributed by atoms with Crippen LogP contribution in [-0.4, -0.2) is 28.2 Å². The van der Waals surface area contributed by atoms with Crippen molar-refractivity contribution in [2.45, 2.75) is 13.8 Å². The van der Waals surface area contributed by atoms with Crippen molar-refractivity contribution in [2.24, 2.45) is 0 Å². The number of nitrogens with one attached hydrogen (secondary N) is 1. The van der Waals surface area contributed by atoms with Gasteiger partial charge in [0.15, 0.2) is 0 Å². The highest BCUT2D eigenvalue weighted by Gasteiger charge is 2.38. The van der Waals surface area contributed by atoms with Crippen LogP contribution < -0.4 is 5.32 Å². The molecule has 0 saturated carbocycles. The summed E-state index contributed by atoms with van der Waals surface area (Å²) in [7, 11) is 0. The summed E-state index contributed by atoms with van der Waals surface area (Å²) in [5, 5.41) is 14.0. The Bertz CT molecular complexity index is 1020. The lowest BCUT2D eigenvalue weighted by atomic mass is 10.0. The number of hydrogen-bond donors (Lipinski definition) is 1. The Balaban J connectivity index is 2.11. The molecule has 2 aromatic carbocycles. The SMILES string of the molecule is C=CCN1C(=O)C(Nc2cc(C)ccc2C)=C(c2ccc([N+](=O)[O-])cc2)C1=O. The molecule has 0 radical (unpaired) electrons. The molecule has 0 bridgehead atoms. The van der Waals surface area contributed by atoms with Crippen molar-refractivity contribution in [1.82, 2.24) is 4.90 Å². The fourth-order valence-corrected chi connectivity index (χ4v) is 3.01. The topological polar surface area (TPSA) is 92.6 Å². The number of non-ortho nitro benzene ring substituents is 1. The van der Waals surface area contributed by atoms with Gasteiger partial charge >= 0.3 is 0 Å². The lowest BCUT2D eigenvalue weighted by molar-refractivity contribution is -0.384. The monoisotopic (exact) mass is 377 g/mol. The number of anilines is 1. The maximum absolute atomic E-state index is 12.9. The normalized spacial score (nSPS) is 13.9. The van der Waals surface area contributed by atoms with Gasteiger partial charge in [-0.2, -0.15) is 0 Å². The van der Waals surface area contributed by atoms with E-state index < -0.39 is 16.7 Å². The minimum atomic E-state index is -0.515. The highest BCUT2D eigenvalue weighted by atomic mass is 16.6. The van der Waals surface area contributed by atoms with E-state index in [2.05, 4.69) is 11.9 Å². The molecule has 0 spiro atoms. The molecule has 7 heteroatoms. The van der Waals surface area contributed by atoms with E-state index in [1.807, 2.05) is 32.0 Å². The third kappa shape index (κ3) is 3.42. The van der Waals surface area contributed by atoms with Gasteiger partial charge < -0.3 is 5.32 Å². The summed E-state index contributed by atoms with van der Waals surface area (Å²) in [6.45, 7) is 7.50. The van der Waals surface area contributed by atoms with Gasteiger partial charge in [0, 0.05) is 24.4 Å². The average Bonchev–Trinajstić information content (AvgIpc) is 2.89. The van der Waals surface area contributed by atoms with Crippen LogP contribution in [0.3, 0.4) is 0 Å². The number of nitro benzene ring substituents is 1. The van der Waals surface area contributed by atoms with Crippen molar-refractivity contribution in [3.05, 3.63) is 87.6 Å². The summed E-state index contributed by atoms with van der Waals surface area (Å²) in [4.78, 5) is 37.3. The van der Waals surface area contributed by atoms with E-state index in [4.69, 9.17) is 0 Å². The van der Waals surface area contributed by atoms with Crippen molar-refractivity contribution in [3.8, 4) is 0 Å². The molecule has 1 heterocycles. The Labute approximate surface area is 162 Å². The zero-order valence-corrected chi connectivity index (χ0v) is 15.6. The first-order valence-corrected chi connectivity index (χ1v) is 8.64. The molecule has 0 aromatic heterocycles. The first-order chi connectivity index (χ1) is 13.3. The summed E-state index contributed by atoms with van der Waals surface area (Å²) in [6.07, 6.45) is 1.48. The van der Waals surface area contributed by atoms with Crippen LogP contribution in [-0.2, 0) is 9.59 Å². The molecule has 0 atom stereocenters. The van der Waals surface area contributed by atoms with Gasteiger partial charge in [0.1, 0.15) is 5.70 Å². The number of amides is 2. The third-order valence-electron chi connectivity index (χ3n) is 4.50. The molecule has 0 aliphatic carbocycles. The average molecular weight is 377 g/mol. The fraction of sp³-hybridized carbons (Fsp3) is 0.143. The molecule has 1 aliphatic rings. The summed E-state index contributed by atoms with van der Waals surface area (Å²) < 4.78 is 0. The van der Waals surface area contributed by atoms with E-state index in [0.29, 0.717) is 5.56 Å². The molecule has 3 rings (SSSR count). The second kappa shape index (κ2) is 7.48. The number of carbonyl (C=O) groups excluding carboxylic acids is 2. The molecule has 1 N–H and O–H groups in total. The van der Waals surface area contributed by atoms with Crippen molar-refractivity contribution < 1.29 is 14.5 Å². The van der Waals surface area contributed by atoms with Crippen LogP contribution in [0.4, 0.5) is 11.4 Å². The van der Waals surface area contributed by atoms with Crippen LogP contribution in [0.2, 0.25) is 0 Å². The molecule has 0 saturated heterocycles. The van der Waals surface area contributed by atoms with Gasteiger partial charge in [-0.1, -0.05) is 18.2 Å². The van der Waals surface area contributed by atoms with Crippen LogP contribution in [0.25, 0.3) is 5.57 Å². The summed E-state index contributed by atoms with van der Waals surface area (Å²) in [6, 6.07) is 11.3. The number of nitrogens with zero attached hydrogens (tertiary/aromatic N) is 2. The Morgan fingerprint density at radius 1 is 1.11 bits per heavy atom. The molecule has 0 unspecified atom stereocenters. The van der Waals surface area contributed by atoms with Gasteiger partial charge in [-0.15, -0.1) is 6.58 Å². The zero-order valence-electron chi connectivity index (χ0n) is 15.6. The van der Waals surface area contributed by atoms with Crippen LogP contribution in [0.15, 0.2) is 60.8 Å². The smallest absolute Gasteiger partial charge is 0.278 e. The first kappa shape index (κ1) is 19.0. The van der Waals surface area contributed by atoms with Crippen molar-refractivity contribution in [2.75, 3.05) is 11.9 Å². The first-order valence-electron chi connectivity index (χ1n) is 8.64. The Morgan fingerprint density at radius 2 is 1.79 bits per heavy atom. The lowest BCUT2D eigenvalue weighted by Crippen LogP contribution is -2.32. The zero-order chi connectivity index (χ0) is 20.4. The second-order valence-electron chi connectivity index (χ2n) is 6.51. The van der Waals surface area contributed by atoms with E-state index in [0.717, 1.165) is 21.7 Å². The predicted molar refractivity (Wildman–Crippen MR) is 106 cm³/mol. The highest BCUT2D eigenvalue weighted by Crippen LogP contribution is 2.32. The van der Waals surface area contributed by atoms with E-state index >= 15 is 0 Å². The molecule has 7 nitrogen and oxygen atoms in total. The van der Waals surface area contributed by atoms with Crippen LogP contribution in [0, 0.1) is 24.0 Å². The molecule has 2 aromatic rings. The number of rotatable bonds is 6. The van der Waals surface area contributed by atoms with Gasteiger partial charge in [0.25, 0.3) is 17.5 Å². The van der Waals surface area contributed by atoms with Crippen molar-refractivity contribution >= 4 is 28.8 Å². The van der Waals surface area contributed by atoms with Gasteiger partial charge in [0.05, 0.1) is 10.5 Å². The van der Waals surface area contributed by atoms with Gasteiger partial charge in [-0.3, -0.25) is 24.6 Å². The van der Waals surface area contributed by atoms with Gasteiger partial charge in [0.2, 0.25) is 0 Å². The van der Waals surface area contributed by atoms with E-state index in [9.17, 15) is 19.7 Å². The summed E-state index contributed by atoms with van der Waals surface area (Å²) in [5.41, 5.74) is 3.32. The van der Waals surface area contributed by atoms with Gasteiger partial charge in [-0.05, 0) is 48.7 Å². The minimum Gasteiger partial charge on any atom is -0.350 e. The number of benzene rings is 2. The fourth-order valence-electron chi connectivity index (χ4n) is 3.01. The standard InChI is InChI=1S/C21H19N3O4/c1-4-11-23-20(25)18(15-7-9-16(10-8-15)24(27)28)19(21(23)26)22-17-12-13(2)5-6-14(17)3/h4-10,12,22H,1,11H2,2-3H3. The van der Waals surface area contributed by atoms with Crippen LogP contribution in [0.1, 0.15) is 16.7 Å². The predicted octanol–water partition coefficient (Wildman–Crippen LogP) is 3.59. The van der Waals surface area contributed by atoms with Gasteiger partial charge in [-0.25, -0.2) is 0 Å². The van der Waals surface area contributed by atoms with Crippen LogP contribution >= 0.6 is 0 Å². The van der Waals surface area contributed by atoms with E-state index in [1.54, 1.807) is 0 Å². The molecule has 2 amide bonds.